The zero-order chi connectivity index (χ0) is 21.6. The molecule has 2 aromatic rings. The number of ether oxygens (including phenoxy) is 1. The molecule has 5 nitrogen and oxygen atoms in total. The Labute approximate surface area is 165 Å². The van der Waals surface area contributed by atoms with E-state index in [-0.39, 0.29) is 23.5 Å². The number of cyclic esters (lactones) is 1. The van der Waals surface area contributed by atoms with Crippen LogP contribution in [0.4, 0.5) is 31.1 Å². The summed E-state index contributed by atoms with van der Waals surface area (Å²) in [6.07, 6.45) is -9.63. The van der Waals surface area contributed by atoms with E-state index >= 15 is 0 Å². The van der Waals surface area contributed by atoms with Crippen LogP contribution in [0.2, 0.25) is 5.15 Å². The van der Waals surface area contributed by atoms with Crippen LogP contribution in [0.15, 0.2) is 30.6 Å². The number of amides is 1. The van der Waals surface area contributed by atoms with Gasteiger partial charge in [0.15, 0.2) is 5.15 Å². The predicted octanol–water partition coefficient (Wildman–Crippen LogP) is 5.25. The Morgan fingerprint density at radius 3 is 2.10 bits per heavy atom. The van der Waals surface area contributed by atoms with Crippen LogP contribution in [0.3, 0.4) is 0 Å². The molecule has 0 radical (unpaired) electrons. The monoisotopic (exact) mass is 439 g/mol. The van der Waals surface area contributed by atoms with Crippen LogP contribution in [-0.4, -0.2) is 27.0 Å². The molecule has 1 fully saturated rings. The van der Waals surface area contributed by atoms with Gasteiger partial charge in [-0.1, -0.05) is 11.6 Å². The number of carbonyl (C=O) groups excluding carboxylic acids is 1. The van der Waals surface area contributed by atoms with Crippen molar-refractivity contribution in [2.45, 2.75) is 38.0 Å². The number of alkyl halides is 6. The lowest BCUT2D eigenvalue weighted by Crippen LogP contribution is -2.32. The number of rotatable bonds is 3. The number of carbonyl (C=O) groups is 1. The molecule has 0 N–H and O–H groups in total. The number of nitrogens with zero attached hydrogens (tertiary/aromatic N) is 3. The molecule has 1 aromatic heterocycles. The zero-order valence-electron chi connectivity index (χ0n) is 14.6. The second-order valence-electron chi connectivity index (χ2n) is 6.31. The minimum atomic E-state index is -5.01. The van der Waals surface area contributed by atoms with Crippen molar-refractivity contribution in [3.63, 3.8) is 0 Å². The van der Waals surface area contributed by atoms with E-state index in [9.17, 15) is 31.1 Å². The van der Waals surface area contributed by atoms with Crippen molar-refractivity contribution in [3.05, 3.63) is 58.1 Å². The van der Waals surface area contributed by atoms with E-state index in [2.05, 4.69) is 9.97 Å². The molecule has 1 amide bonds. The molecule has 0 saturated carbocycles. The average molecular weight is 440 g/mol. The Morgan fingerprint density at radius 2 is 1.59 bits per heavy atom. The molecule has 0 aliphatic carbocycles. The first-order chi connectivity index (χ1) is 13.4. The minimum absolute atomic E-state index is 0.00868. The van der Waals surface area contributed by atoms with Crippen molar-refractivity contribution in [1.82, 2.24) is 14.9 Å². The normalized spacial score (nSPS) is 20.1. The Kier molecular flexibility index (Phi) is 5.37. The van der Waals surface area contributed by atoms with Gasteiger partial charge in [0, 0.05) is 12.4 Å². The molecule has 156 valence electrons. The van der Waals surface area contributed by atoms with Crippen molar-refractivity contribution in [2.24, 2.45) is 0 Å². The fourth-order valence-corrected chi connectivity index (χ4v) is 3.08. The summed E-state index contributed by atoms with van der Waals surface area (Å²) in [6.45, 7) is 1.27. The lowest BCUT2D eigenvalue weighted by atomic mass is 9.97. The third-order valence-corrected chi connectivity index (χ3v) is 4.69. The van der Waals surface area contributed by atoms with Crippen LogP contribution in [-0.2, 0) is 23.6 Å². The first-order valence-electron chi connectivity index (χ1n) is 8.10. The summed E-state index contributed by atoms with van der Waals surface area (Å²) in [5, 5.41) is 0.00868. The number of halogens is 7. The summed E-state index contributed by atoms with van der Waals surface area (Å²) in [4.78, 5) is 21.1. The van der Waals surface area contributed by atoms with Gasteiger partial charge in [-0.25, -0.2) is 9.78 Å². The van der Waals surface area contributed by atoms with Gasteiger partial charge >= 0.3 is 18.4 Å². The van der Waals surface area contributed by atoms with Gasteiger partial charge in [-0.3, -0.25) is 9.88 Å². The largest absolute Gasteiger partial charge is 0.439 e. The predicted molar refractivity (Wildman–Crippen MR) is 87.7 cm³/mol. The molecule has 12 heteroatoms. The van der Waals surface area contributed by atoms with E-state index in [0.717, 1.165) is 4.90 Å². The van der Waals surface area contributed by atoms with Crippen LogP contribution in [0.5, 0.6) is 0 Å². The number of hydrogen-bond acceptors (Lipinski definition) is 4. The third kappa shape index (κ3) is 4.39. The number of aromatic nitrogens is 2. The van der Waals surface area contributed by atoms with Gasteiger partial charge in [0.2, 0.25) is 0 Å². The highest BCUT2D eigenvalue weighted by atomic mass is 35.5. The highest BCUT2D eigenvalue weighted by Crippen LogP contribution is 2.41. The van der Waals surface area contributed by atoms with Crippen molar-refractivity contribution in [2.75, 3.05) is 0 Å². The molecule has 2 heterocycles. The second-order valence-corrected chi connectivity index (χ2v) is 6.66. The van der Waals surface area contributed by atoms with Crippen LogP contribution in [0.25, 0.3) is 0 Å². The van der Waals surface area contributed by atoms with Gasteiger partial charge in [-0.05, 0) is 30.7 Å². The molecule has 0 unspecified atom stereocenters. The van der Waals surface area contributed by atoms with Crippen molar-refractivity contribution in [1.29, 1.82) is 0 Å². The Balaban J connectivity index is 1.96. The van der Waals surface area contributed by atoms with Gasteiger partial charge in [-0.2, -0.15) is 26.3 Å². The van der Waals surface area contributed by atoms with E-state index in [1.165, 1.54) is 19.3 Å². The smallest absolute Gasteiger partial charge is 0.416 e. The van der Waals surface area contributed by atoms with Crippen molar-refractivity contribution < 1.29 is 35.9 Å². The molecular weight excluding hydrogens is 428 g/mol. The molecule has 1 aliphatic rings. The molecule has 2 atom stereocenters. The quantitative estimate of drug-likeness (QED) is 0.613. The van der Waals surface area contributed by atoms with Gasteiger partial charge in [-0.15, -0.1) is 0 Å². The van der Waals surface area contributed by atoms with Crippen molar-refractivity contribution in [3.8, 4) is 0 Å². The fourth-order valence-electron chi connectivity index (χ4n) is 2.92. The van der Waals surface area contributed by atoms with Crippen molar-refractivity contribution >= 4 is 17.7 Å². The molecule has 1 aliphatic heterocycles. The van der Waals surface area contributed by atoms with Crippen LogP contribution in [0.1, 0.15) is 35.4 Å². The zero-order valence-corrected chi connectivity index (χ0v) is 15.3. The maximum absolute atomic E-state index is 13.1. The number of benzene rings is 1. The summed E-state index contributed by atoms with van der Waals surface area (Å²) in [5.74, 6) is 0. The molecule has 1 saturated heterocycles. The van der Waals surface area contributed by atoms with E-state index in [0.29, 0.717) is 12.1 Å². The average Bonchev–Trinajstić information content (AvgIpc) is 2.90. The molecular formula is C17H12ClF6N3O2. The molecule has 1 aromatic carbocycles. The van der Waals surface area contributed by atoms with Crippen LogP contribution in [0, 0.1) is 0 Å². The maximum Gasteiger partial charge on any atom is 0.416 e. The molecule has 0 bridgehead atoms. The van der Waals surface area contributed by atoms with Crippen LogP contribution >= 0.6 is 11.6 Å². The highest BCUT2D eigenvalue weighted by molar-refractivity contribution is 6.29. The molecule has 0 spiro atoms. The summed E-state index contributed by atoms with van der Waals surface area (Å²) in [6, 6.07) is 0.220. The fraction of sp³-hybridized carbons (Fsp3) is 0.353. The summed E-state index contributed by atoms with van der Waals surface area (Å²) >= 11 is 5.89. The van der Waals surface area contributed by atoms with Crippen LogP contribution < -0.4 is 0 Å². The first kappa shape index (κ1) is 21.2. The maximum atomic E-state index is 13.1. The lowest BCUT2D eigenvalue weighted by molar-refractivity contribution is -0.143. The van der Waals surface area contributed by atoms with Gasteiger partial charge in [0.05, 0.1) is 29.4 Å². The van der Waals surface area contributed by atoms with E-state index in [1.807, 2.05) is 0 Å². The summed E-state index contributed by atoms with van der Waals surface area (Å²) in [7, 11) is 0. The summed E-state index contributed by atoms with van der Waals surface area (Å²) < 4.78 is 83.6. The Morgan fingerprint density at radius 1 is 1.03 bits per heavy atom. The van der Waals surface area contributed by atoms with Gasteiger partial charge in [0.25, 0.3) is 0 Å². The Bertz CT molecular complexity index is 902. The first-order valence-corrected chi connectivity index (χ1v) is 8.47. The van der Waals surface area contributed by atoms with E-state index in [1.54, 1.807) is 0 Å². The highest BCUT2D eigenvalue weighted by Gasteiger charge is 2.43. The SMILES string of the molecule is C[C@H]1[C@H](c2cc(C(F)(F)F)cc(C(F)(F)F)c2)OC(=O)N1Cc1nccnc1Cl. The topological polar surface area (TPSA) is 55.3 Å². The standard InChI is InChI=1S/C17H12ClF6N3O2/c1-8-13(29-15(28)27(8)7-12-14(18)26-3-2-25-12)9-4-10(16(19,20)21)6-11(5-9)17(22,23)24/h2-6,8,13H,7H2,1H3/t8-,13+/m0/s1. The number of hydrogen-bond donors (Lipinski definition) is 0. The molecule has 29 heavy (non-hydrogen) atoms. The van der Waals surface area contributed by atoms with E-state index < -0.39 is 47.3 Å². The van der Waals surface area contributed by atoms with E-state index in [4.69, 9.17) is 16.3 Å². The third-order valence-electron chi connectivity index (χ3n) is 4.37. The van der Waals surface area contributed by atoms with Gasteiger partial charge in [0.1, 0.15) is 6.10 Å². The second kappa shape index (κ2) is 7.36. The summed E-state index contributed by atoms with van der Waals surface area (Å²) in [5.41, 5.74) is -3.18. The Hall–Kier alpha value is -2.56. The van der Waals surface area contributed by atoms with Gasteiger partial charge < -0.3 is 4.74 Å². The lowest BCUT2D eigenvalue weighted by Gasteiger charge is -2.22. The minimum Gasteiger partial charge on any atom is -0.439 e. The molecule has 3 rings (SSSR count).